The van der Waals surface area contributed by atoms with Gasteiger partial charge in [0.05, 0.1) is 11.2 Å². The Morgan fingerprint density at radius 3 is 2.09 bits per heavy atom. The van der Waals surface area contributed by atoms with Crippen LogP contribution in [0.15, 0.2) is 18.2 Å². The number of ether oxygens (including phenoxy) is 1. The molecule has 1 aromatic rings. The SMILES string of the molecule is CC1(C)OB(c2cc(C=O)cc(OC(F)(F)F)c2)OC1(C)C. The van der Waals surface area contributed by atoms with Crippen molar-refractivity contribution in [1.29, 1.82) is 0 Å². The van der Waals surface area contributed by atoms with Crippen LogP contribution in [-0.4, -0.2) is 31.0 Å². The van der Waals surface area contributed by atoms with E-state index in [1.807, 2.05) is 27.7 Å². The molecule has 0 saturated carbocycles. The standard InChI is InChI=1S/C14H16BF3O4/c1-12(2)13(3,4)22-15(21-12)10-5-9(8-19)6-11(7-10)20-14(16,17)18/h5-8H,1-4H3. The van der Waals surface area contributed by atoms with Gasteiger partial charge in [-0.1, -0.05) is 6.07 Å². The van der Waals surface area contributed by atoms with Gasteiger partial charge >= 0.3 is 13.5 Å². The van der Waals surface area contributed by atoms with Crippen LogP contribution >= 0.6 is 0 Å². The van der Waals surface area contributed by atoms with E-state index >= 15 is 0 Å². The molecule has 8 heteroatoms. The second-order valence-corrected chi connectivity index (χ2v) is 6.09. The Bertz CT molecular complexity index is 568. The molecule has 0 aromatic heterocycles. The Morgan fingerprint density at radius 1 is 1.09 bits per heavy atom. The van der Waals surface area contributed by atoms with Gasteiger partial charge in [0.2, 0.25) is 0 Å². The molecular weight excluding hydrogens is 300 g/mol. The third-order valence-electron chi connectivity index (χ3n) is 3.85. The molecule has 1 heterocycles. The van der Waals surface area contributed by atoms with Crippen molar-refractivity contribution in [3.05, 3.63) is 23.8 Å². The first-order valence-corrected chi connectivity index (χ1v) is 6.65. The van der Waals surface area contributed by atoms with Crippen LogP contribution in [0.25, 0.3) is 0 Å². The third-order valence-corrected chi connectivity index (χ3v) is 3.85. The van der Waals surface area contributed by atoms with Crippen molar-refractivity contribution < 1.29 is 32.0 Å². The van der Waals surface area contributed by atoms with Gasteiger partial charge < -0.3 is 14.0 Å². The summed E-state index contributed by atoms with van der Waals surface area (Å²) in [6, 6.07) is 3.58. The molecule has 4 nitrogen and oxygen atoms in total. The van der Waals surface area contributed by atoms with Crippen LogP contribution in [0.2, 0.25) is 0 Å². The predicted octanol–water partition coefficient (Wildman–Crippen LogP) is 2.70. The molecule has 2 rings (SSSR count). The largest absolute Gasteiger partial charge is 0.573 e. The summed E-state index contributed by atoms with van der Waals surface area (Å²) < 4.78 is 52.5. The predicted molar refractivity (Wildman–Crippen MR) is 74.2 cm³/mol. The summed E-state index contributed by atoms with van der Waals surface area (Å²) in [6.45, 7) is 7.29. The number of benzene rings is 1. The van der Waals surface area contributed by atoms with E-state index in [2.05, 4.69) is 4.74 Å². The Balaban J connectivity index is 2.36. The zero-order valence-electron chi connectivity index (χ0n) is 12.7. The fourth-order valence-electron chi connectivity index (χ4n) is 2.02. The van der Waals surface area contributed by atoms with Crippen molar-refractivity contribution in [3.8, 4) is 5.75 Å². The highest BCUT2D eigenvalue weighted by Crippen LogP contribution is 2.36. The summed E-state index contributed by atoms with van der Waals surface area (Å²) in [7, 11) is -0.875. The molecule has 0 aliphatic carbocycles. The number of hydrogen-bond acceptors (Lipinski definition) is 4. The van der Waals surface area contributed by atoms with Gasteiger partial charge in [-0.25, -0.2) is 0 Å². The fraction of sp³-hybridized carbons (Fsp3) is 0.500. The van der Waals surface area contributed by atoms with E-state index in [0.717, 1.165) is 12.1 Å². The smallest absolute Gasteiger partial charge is 0.406 e. The maximum atomic E-state index is 12.4. The lowest BCUT2D eigenvalue weighted by molar-refractivity contribution is -0.274. The molecule has 120 valence electrons. The summed E-state index contributed by atoms with van der Waals surface area (Å²) in [5.41, 5.74) is -0.936. The van der Waals surface area contributed by atoms with Gasteiger partial charge in [0.25, 0.3) is 0 Å². The topological polar surface area (TPSA) is 44.8 Å². The average molecular weight is 316 g/mol. The van der Waals surface area contributed by atoms with Crippen LogP contribution in [0.3, 0.4) is 0 Å². The van der Waals surface area contributed by atoms with E-state index in [-0.39, 0.29) is 5.56 Å². The second-order valence-electron chi connectivity index (χ2n) is 6.09. The lowest BCUT2D eigenvalue weighted by Crippen LogP contribution is -2.41. The van der Waals surface area contributed by atoms with Crippen LogP contribution in [0, 0.1) is 0 Å². The zero-order chi connectivity index (χ0) is 16.8. The minimum Gasteiger partial charge on any atom is -0.406 e. The Hall–Kier alpha value is -1.54. The Kier molecular flexibility index (Phi) is 4.04. The lowest BCUT2D eigenvalue weighted by atomic mass is 9.78. The molecule has 0 bridgehead atoms. The molecule has 0 radical (unpaired) electrons. The van der Waals surface area contributed by atoms with E-state index in [4.69, 9.17) is 9.31 Å². The van der Waals surface area contributed by atoms with Crippen molar-refractivity contribution in [2.24, 2.45) is 0 Å². The van der Waals surface area contributed by atoms with Crippen LogP contribution in [0.4, 0.5) is 13.2 Å². The zero-order valence-corrected chi connectivity index (χ0v) is 12.7. The van der Waals surface area contributed by atoms with Gasteiger partial charge in [-0.15, -0.1) is 13.2 Å². The van der Waals surface area contributed by atoms with Crippen molar-refractivity contribution in [2.45, 2.75) is 45.3 Å². The fourth-order valence-corrected chi connectivity index (χ4v) is 2.02. The first-order valence-electron chi connectivity index (χ1n) is 6.65. The van der Waals surface area contributed by atoms with Gasteiger partial charge in [0, 0.05) is 5.56 Å². The summed E-state index contributed by atoms with van der Waals surface area (Å²) in [4.78, 5) is 10.9. The monoisotopic (exact) mass is 316 g/mol. The molecule has 1 fully saturated rings. The Labute approximate surface area is 126 Å². The lowest BCUT2D eigenvalue weighted by Gasteiger charge is -2.32. The average Bonchev–Trinajstić information content (AvgIpc) is 2.56. The molecule has 1 aliphatic heterocycles. The molecule has 0 atom stereocenters. The number of carbonyl (C=O) groups excluding carboxylic acids is 1. The number of aldehydes is 1. The quantitative estimate of drug-likeness (QED) is 0.635. The minimum atomic E-state index is -4.84. The van der Waals surface area contributed by atoms with E-state index < -0.39 is 30.4 Å². The molecule has 0 N–H and O–H groups in total. The highest BCUT2D eigenvalue weighted by molar-refractivity contribution is 6.62. The molecule has 1 aliphatic rings. The normalized spacial score (nSPS) is 20.0. The van der Waals surface area contributed by atoms with E-state index in [1.54, 1.807) is 0 Å². The van der Waals surface area contributed by atoms with E-state index in [9.17, 15) is 18.0 Å². The van der Waals surface area contributed by atoms with Gasteiger partial charge in [-0.2, -0.15) is 0 Å². The number of halogens is 3. The number of alkyl halides is 3. The van der Waals surface area contributed by atoms with Gasteiger partial charge in [0.1, 0.15) is 12.0 Å². The van der Waals surface area contributed by atoms with Crippen molar-refractivity contribution in [1.82, 2.24) is 0 Å². The summed E-state index contributed by atoms with van der Waals surface area (Å²) in [5, 5.41) is 0. The van der Waals surface area contributed by atoms with Crippen LogP contribution in [-0.2, 0) is 9.31 Å². The first kappa shape index (κ1) is 16.8. The second kappa shape index (κ2) is 5.28. The molecule has 1 aromatic carbocycles. The molecule has 0 spiro atoms. The molecular formula is C14H16BF3O4. The van der Waals surface area contributed by atoms with Gasteiger partial charge in [0.15, 0.2) is 0 Å². The maximum absolute atomic E-state index is 12.4. The van der Waals surface area contributed by atoms with Crippen LogP contribution in [0.1, 0.15) is 38.1 Å². The van der Waals surface area contributed by atoms with Crippen molar-refractivity contribution in [2.75, 3.05) is 0 Å². The van der Waals surface area contributed by atoms with Crippen molar-refractivity contribution >= 4 is 18.9 Å². The van der Waals surface area contributed by atoms with Gasteiger partial charge in [-0.3, -0.25) is 4.79 Å². The molecule has 1 saturated heterocycles. The van der Waals surface area contributed by atoms with E-state index in [0.29, 0.717) is 11.7 Å². The Morgan fingerprint density at radius 2 is 1.64 bits per heavy atom. The van der Waals surface area contributed by atoms with Gasteiger partial charge in [-0.05, 0) is 45.3 Å². The summed E-state index contributed by atoms with van der Waals surface area (Å²) >= 11 is 0. The summed E-state index contributed by atoms with van der Waals surface area (Å²) in [6.07, 6.45) is -4.40. The molecule has 0 unspecified atom stereocenters. The highest BCUT2D eigenvalue weighted by Gasteiger charge is 2.51. The third kappa shape index (κ3) is 3.44. The van der Waals surface area contributed by atoms with E-state index in [1.165, 1.54) is 6.07 Å². The first-order chi connectivity index (χ1) is 9.93. The summed E-state index contributed by atoms with van der Waals surface area (Å²) in [5.74, 6) is -0.484. The highest BCUT2D eigenvalue weighted by atomic mass is 19.4. The van der Waals surface area contributed by atoms with Crippen molar-refractivity contribution in [3.63, 3.8) is 0 Å². The number of rotatable bonds is 3. The minimum absolute atomic E-state index is 0.0477. The van der Waals surface area contributed by atoms with Crippen LogP contribution < -0.4 is 10.2 Å². The number of hydrogen-bond donors (Lipinski definition) is 0. The molecule has 0 amide bonds. The van der Waals surface area contributed by atoms with Crippen LogP contribution in [0.5, 0.6) is 5.75 Å². The molecule has 22 heavy (non-hydrogen) atoms. The number of carbonyl (C=O) groups is 1. The maximum Gasteiger partial charge on any atom is 0.573 e.